The first-order valence-electron chi connectivity index (χ1n) is 9.89. The molecule has 1 aromatic heterocycles. The summed E-state index contributed by atoms with van der Waals surface area (Å²) in [6, 6.07) is 5.95. The van der Waals surface area contributed by atoms with E-state index < -0.39 is 0 Å². The Bertz CT molecular complexity index is 1110. The molecule has 6 nitrogen and oxygen atoms in total. The maximum Gasteiger partial charge on any atom is 0.221 e. The van der Waals surface area contributed by atoms with Crippen molar-refractivity contribution >= 4 is 31.5 Å². The van der Waals surface area contributed by atoms with Gasteiger partial charge in [-0.3, -0.25) is 0 Å². The maximum absolute atomic E-state index is 5.92. The van der Waals surface area contributed by atoms with Gasteiger partial charge in [-0.05, 0) is 49.7 Å². The lowest BCUT2D eigenvalue weighted by atomic mass is 9.94. The molecule has 7 heteroatoms. The molecule has 3 heterocycles. The molecule has 30 heavy (non-hydrogen) atoms. The monoisotopic (exact) mass is 403 g/mol. The Morgan fingerprint density at radius 3 is 2.47 bits per heavy atom. The first-order valence-corrected chi connectivity index (χ1v) is 9.89. The van der Waals surface area contributed by atoms with Crippen LogP contribution >= 0.6 is 0 Å². The zero-order valence-electron chi connectivity index (χ0n) is 17.8. The lowest BCUT2D eigenvalue weighted by Gasteiger charge is -2.29. The fourth-order valence-electron chi connectivity index (χ4n) is 4.06. The molecule has 4 rings (SSSR count). The predicted molar refractivity (Wildman–Crippen MR) is 121 cm³/mol. The first-order chi connectivity index (χ1) is 14.6. The molecule has 0 bridgehead atoms. The Balaban J connectivity index is 1.76. The van der Waals surface area contributed by atoms with Crippen LogP contribution in [0.1, 0.15) is 28.9 Å². The Labute approximate surface area is 177 Å². The number of benzene rings is 1. The molecule has 0 fully saturated rings. The first kappa shape index (κ1) is 20.1. The van der Waals surface area contributed by atoms with E-state index in [1.54, 1.807) is 21.3 Å². The smallest absolute Gasteiger partial charge is 0.221 e. The van der Waals surface area contributed by atoms with Crippen molar-refractivity contribution in [2.24, 2.45) is 5.73 Å². The molecular formula is C23H26BN3O3. The number of fused-ring (bicyclic) bond motifs is 2. The van der Waals surface area contributed by atoms with Gasteiger partial charge < -0.3 is 28.9 Å². The van der Waals surface area contributed by atoms with Gasteiger partial charge in [0.2, 0.25) is 7.55 Å². The Morgan fingerprint density at radius 2 is 1.77 bits per heavy atom. The van der Waals surface area contributed by atoms with Gasteiger partial charge in [0.15, 0.2) is 17.2 Å². The second-order valence-electron chi connectivity index (χ2n) is 7.19. The number of aromatic nitrogens is 1. The summed E-state index contributed by atoms with van der Waals surface area (Å²) in [7, 11) is 7.01. The molecule has 2 radical (unpaired) electrons. The molecule has 2 N–H and O–H groups in total. The number of methoxy groups -OCH3 is 3. The maximum atomic E-state index is 5.92. The molecule has 0 amide bonds. The molecule has 0 saturated carbocycles. The number of hydrogen-bond donors (Lipinski definition) is 1. The van der Waals surface area contributed by atoms with Crippen molar-refractivity contribution in [3.63, 3.8) is 0 Å². The van der Waals surface area contributed by atoms with Crippen molar-refractivity contribution < 1.29 is 18.7 Å². The molecular weight excluding hydrogens is 377 g/mol. The minimum atomic E-state index is 0.610. The van der Waals surface area contributed by atoms with Crippen LogP contribution < -0.4 is 19.9 Å². The highest BCUT2D eigenvalue weighted by Crippen LogP contribution is 2.37. The molecule has 154 valence electrons. The van der Waals surface area contributed by atoms with Crippen LogP contribution in [0.25, 0.3) is 17.7 Å². The molecule has 2 aliphatic heterocycles. The number of nitrogens with two attached hydrogens (primary N) is 1. The van der Waals surface area contributed by atoms with E-state index >= 15 is 0 Å². The average molecular weight is 403 g/mol. The lowest BCUT2D eigenvalue weighted by Crippen LogP contribution is -2.30. The molecule has 2 aliphatic rings. The van der Waals surface area contributed by atoms with Gasteiger partial charge in [-0.25, -0.2) is 0 Å². The topological polar surface area (TPSA) is 61.7 Å². The van der Waals surface area contributed by atoms with Crippen LogP contribution in [0.2, 0.25) is 0 Å². The molecule has 2 aromatic rings. The quantitative estimate of drug-likeness (QED) is 0.722. The summed E-state index contributed by atoms with van der Waals surface area (Å²) in [6.07, 6.45) is 11.2. The standard InChI is InChI=1S/C23H26BN3O3/c1-15-12-17(8-7-16-13-21(29-3)22(30-4)14-20(16)28-2)27-23(15)18(9-10-25)19-6-5-11-26(19)24-27/h5-8,11-14H,9-10,25H2,1-4H3. The Morgan fingerprint density at radius 1 is 1.03 bits per heavy atom. The summed E-state index contributed by atoms with van der Waals surface area (Å²) in [4.78, 5) is 0. The second-order valence-corrected chi connectivity index (χ2v) is 7.19. The van der Waals surface area contributed by atoms with Crippen molar-refractivity contribution in [3.05, 3.63) is 58.6 Å². The van der Waals surface area contributed by atoms with E-state index in [1.807, 2.05) is 18.2 Å². The third-order valence-electron chi connectivity index (χ3n) is 5.43. The van der Waals surface area contributed by atoms with E-state index in [0.717, 1.165) is 23.4 Å². The number of ether oxygens (including phenoxy) is 3. The van der Waals surface area contributed by atoms with Gasteiger partial charge in [-0.15, -0.1) is 0 Å². The molecule has 1 aromatic carbocycles. The van der Waals surface area contributed by atoms with E-state index in [2.05, 4.69) is 53.9 Å². The molecule has 0 unspecified atom stereocenters. The largest absolute Gasteiger partial charge is 0.501 e. The van der Waals surface area contributed by atoms with E-state index in [0.29, 0.717) is 18.0 Å². The third kappa shape index (κ3) is 3.35. The van der Waals surface area contributed by atoms with Crippen LogP contribution in [0.15, 0.2) is 36.0 Å². The zero-order chi connectivity index (χ0) is 21.3. The van der Waals surface area contributed by atoms with E-state index in [1.165, 1.54) is 22.5 Å². The molecule has 0 spiro atoms. The lowest BCUT2D eigenvalue weighted by molar-refractivity contribution is -0.307. The summed E-state index contributed by atoms with van der Waals surface area (Å²) >= 11 is 0. The fraction of sp³-hybridized carbons (Fsp3) is 0.261. The van der Waals surface area contributed by atoms with Crippen molar-refractivity contribution in [2.45, 2.75) is 13.3 Å². The summed E-state index contributed by atoms with van der Waals surface area (Å²) in [5.74, 6) is 2.02. The van der Waals surface area contributed by atoms with E-state index in [-0.39, 0.29) is 0 Å². The SMILES string of the molecule is COc1cc(OC)c(OC)cc1C=Cc1cc(C)c2n1[B-][N+]1=CC=CC1=C2CCN. The minimum absolute atomic E-state index is 0.610. The zero-order valence-corrected chi connectivity index (χ0v) is 17.8. The van der Waals surface area contributed by atoms with Gasteiger partial charge >= 0.3 is 0 Å². The van der Waals surface area contributed by atoms with Crippen molar-refractivity contribution in [1.82, 2.24) is 4.48 Å². The van der Waals surface area contributed by atoms with Crippen LogP contribution in [0.4, 0.5) is 0 Å². The highest BCUT2D eigenvalue weighted by molar-refractivity contribution is 6.28. The van der Waals surface area contributed by atoms with Crippen LogP contribution in [0, 0.1) is 6.92 Å². The number of aryl methyl sites for hydroxylation is 1. The molecule has 0 aliphatic carbocycles. The second kappa shape index (κ2) is 8.28. The van der Waals surface area contributed by atoms with Gasteiger partial charge in [0.25, 0.3) is 0 Å². The normalized spacial score (nSPS) is 14.8. The minimum Gasteiger partial charge on any atom is -0.501 e. The van der Waals surface area contributed by atoms with Crippen LogP contribution in [-0.2, 0) is 0 Å². The Hall–Kier alpha value is -3.19. The molecule has 0 atom stereocenters. The fourth-order valence-corrected chi connectivity index (χ4v) is 4.06. The van der Waals surface area contributed by atoms with Crippen LogP contribution in [0.5, 0.6) is 17.2 Å². The van der Waals surface area contributed by atoms with Gasteiger partial charge in [0.1, 0.15) is 12.0 Å². The van der Waals surface area contributed by atoms with Crippen molar-refractivity contribution in [2.75, 3.05) is 27.9 Å². The van der Waals surface area contributed by atoms with Gasteiger partial charge in [-0.2, -0.15) is 0 Å². The predicted octanol–water partition coefficient (Wildman–Crippen LogP) is 3.10. The van der Waals surface area contributed by atoms with Crippen molar-refractivity contribution in [1.29, 1.82) is 0 Å². The van der Waals surface area contributed by atoms with Crippen LogP contribution in [-0.4, -0.2) is 50.6 Å². The molecule has 0 saturated heterocycles. The summed E-state index contributed by atoms with van der Waals surface area (Å²) in [5.41, 5.74) is 12.8. The summed E-state index contributed by atoms with van der Waals surface area (Å²) < 4.78 is 20.7. The van der Waals surface area contributed by atoms with Gasteiger partial charge in [0, 0.05) is 40.7 Å². The van der Waals surface area contributed by atoms with Crippen LogP contribution in [0.3, 0.4) is 0 Å². The number of rotatable bonds is 7. The average Bonchev–Trinajstić information content (AvgIpc) is 3.36. The Kier molecular flexibility index (Phi) is 5.55. The number of hydrogen-bond acceptors (Lipinski definition) is 4. The van der Waals surface area contributed by atoms with E-state index in [9.17, 15) is 0 Å². The highest BCUT2D eigenvalue weighted by atomic mass is 16.5. The van der Waals surface area contributed by atoms with E-state index in [4.69, 9.17) is 19.9 Å². The number of nitrogens with zero attached hydrogens (tertiary/aromatic N) is 2. The highest BCUT2D eigenvalue weighted by Gasteiger charge is 2.24. The van der Waals surface area contributed by atoms with Crippen molar-refractivity contribution in [3.8, 4) is 17.2 Å². The summed E-state index contributed by atoms with van der Waals surface area (Å²) in [5, 5.41) is 0. The third-order valence-corrected chi connectivity index (χ3v) is 5.43. The number of allylic oxidation sites excluding steroid dienone is 2. The van der Waals surface area contributed by atoms with Gasteiger partial charge in [0.05, 0.1) is 21.3 Å². The van der Waals surface area contributed by atoms with Gasteiger partial charge in [-0.1, -0.05) is 0 Å². The summed E-state index contributed by atoms with van der Waals surface area (Å²) in [6.45, 7) is 2.75.